The maximum Gasteiger partial charge on any atom is 0.256 e. The summed E-state index contributed by atoms with van der Waals surface area (Å²) in [6, 6.07) is 5.63. The van der Waals surface area contributed by atoms with Crippen LogP contribution in [0.2, 0.25) is 0 Å². The van der Waals surface area contributed by atoms with Crippen molar-refractivity contribution in [2.45, 2.75) is 6.42 Å². The standard InChI is InChI=1S/C12H9ClO2/c1-2-4-8-5-3-6-10-11(8)9(7-15-10)12(13)14/h2-3,5-7H,1,4H2. The van der Waals surface area contributed by atoms with Crippen LogP contribution < -0.4 is 0 Å². The first-order valence-corrected chi connectivity index (χ1v) is 4.91. The SMILES string of the molecule is C=CCc1cccc2occ(C(=O)Cl)c12. The van der Waals surface area contributed by atoms with Gasteiger partial charge in [-0.15, -0.1) is 6.58 Å². The van der Waals surface area contributed by atoms with E-state index in [9.17, 15) is 4.79 Å². The van der Waals surface area contributed by atoms with Crippen LogP contribution in [0.25, 0.3) is 11.0 Å². The van der Waals surface area contributed by atoms with Crippen LogP contribution in [0.5, 0.6) is 0 Å². The van der Waals surface area contributed by atoms with Crippen LogP contribution >= 0.6 is 11.6 Å². The summed E-state index contributed by atoms with van der Waals surface area (Å²) in [5.41, 5.74) is 2.10. The average Bonchev–Trinajstić information content (AvgIpc) is 2.62. The highest BCUT2D eigenvalue weighted by Crippen LogP contribution is 2.26. The molecule has 0 saturated carbocycles. The molecule has 0 saturated heterocycles. The van der Waals surface area contributed by atoms with Gasteiger partial charge in [-0.05, 0) is 29.7 Å². The molecule has 3 heteroatoms. The first-order valence-electron chi connectivity index (χ1n) is 4.54. The fraction of sp³-hybridized carbons (Fsp3) is 0.0833. The molecular weight excluding hydrogens is 212 g/mol. The second kappa shape index (κ2) is 3.91. The van der Waals surface area contributed by atoms with E-state index in [0.717, 1.165) is 10.9 Å². The van der Waals surface area contributed by atoms with Crippen molar-refractivity contribution >= 4 is 27.8 Å². The molecule has 15 heavy (non-hydrogen) atoms. The zero-order valence-electron chi connectivity index (χ0n) is 8.00. The second-order valence-electron chi connectivity index (χ2n) is 3.21. The Balaban J connectivity index is 2.74. The maximum absolute atomic E-state index is 11.2. The summed E-state index contributed by atoms with van der Waals surface area (Å²) >= 11 is 5.47. The molecule has 0 aliphatic heterocycles. The Morgan fingerprint density at radius 2 is 2.33 bits per heavy atom. The molecule has 0 radical (unpaired) electrons. The molecule has 0 unspecified atom stereocenters. The Kier molecular flexibility index (Phi) is 2.60. The Hall–Kier alpha value is -1.54. The number of hydrogen-bond donors (Lipinski definition) is 0. The van der Waals surface area contributed by atoms with Gasteiger partial charge in [0.1, 0.15) is 11.8 Å². The fourth-order valence-electron chi connectivity index (χ4n) is 1.63. The monoisotopic (exact) mass is 220 g/mol. The van der Waals surface area contributed by atoms with Crippen molar-refractivity contribution in [3.63, 3.8) is 0 Å². The lowest BCUT2D eigenvalue weighted by Gasteiger charge is -1.99. The molecule has 0 spiro atoms. The smallest absolute Gasteiger partial charge is 0.256 e. The van der Waals surface area contributed by atoms with Gasteiger partial charge in [0, 0.05) is 5.39 Å². The van der Waals surface area contributed by atoms with Crippen LogP contribution in [0.1, 0.15) is 15.9 Å². The van der Waals surface area contributed by atoms with Crippen molar-refractivity contribution < 1.29 is 9.21 Å². The van der Waals surface area contributed by atoms with Gasteiger partial charge in [0.2, 0.25) is 0 Å². The number of furan rings is 1. The summed E-state index contributed by atoms with van der Waals surface area (Å²) in [6.45, 7) is 3.67. The third-order valence-electron chi connectivity index (χ3n) is 2.26. The zero-order chi connectivity index (χ0) is 10.8. The predicted molar refractivity (Wildman–Crippen MR) is 60.3 cm³/mol. The van der Waals surface area contributed by atoms with Crippen molar-refractivity contribution in [3.05, 3.63) is 48.2 Å². The van der Waals surface area contributed by atoms with Gasteiger partial charge in [0.15, 0.2) is 0 Å². The van der Waals surface area contributed by atoms with Crippen molar-refractivity contribution in [3.8, 4) is 0 Å². The Labute approximate surface area is 92.1 Å². The highest BCUT2D eigenvalue weighted by Gasteiger charge is 2.13. The zero-order valence-corrected chi connectivity index (χ0v) is 8.75. The van der Waals surface area contributed by atoms with Crippen molar-refractivity contribution in [1.29, 1.82) is 0 Å². The molecule has 1 heterocycles. The molecule has 1 aromatic carbocycles. The van der Waals surface area contributed by atoms with E-state index in [1.54, 1.807) is 6.08 Å². The summed E-state index contributed by atoms with van der Waals surface area (Å²) in [4.78, 5) is 11.2. The molecule has 2 aromatic rings. The summed E-state index contributed by atoms with van der Waals surface area (Å²) in [5, 5.41) is 0.294. The van der Waals surface area contributed by atoms with Crippen molar-refractivity contribution in [2.75, 3.05) is 0 Å². The highest BCUT2D eigenvalue weighted by molar-refractivity contribution is 6.68. The van der Waals surface area contributed by atoms with Gasteiger partial charge in [-0.1, -0.05) is 18.2 Å². The van der Waals surface area contributed by atoms with E-state index in [1.807, 2.05) is 18.2 Å². The van der Waals surface area contributed by atoms with Crippen molar-refractivity contribution in [2.24, 2.45) is 0 Å². The Morgan fingerprint density at radius 3 is 3.00 bits per heavy atom. The van der Waals surface area contributed by atoms with E-state index in [2.05, 4.69) is 6.58 Å². The van der Waals surface area contributed by atoms with Gasteiger partial charge in [-0.2, -0.15) is 0 Å². The minimum Gasteiger partial charge on any atom is -0.464 e. The second-order valence-corrected chi connectivity index (χ2v) is 3.55. The van der Waals surface area contributed by atoms with Crippen LogP contribution in [-0.4, -0.2) is 5.24 Å². The molecule has 0 bridgehead atoms. The maximum atomic E-state index is 11.2. The lowest BCUT2D eigenvalue weighted by molar-refractivity contribution is 0.108. The van der Waals surface area contributed by atoms with E-state index < -0.39 is 5.24 Å². The van der Waals surface area contributed by atoms with Gasteiger partial charge in [-0.3, -0.25) is 4.79 Å². The number of halogens is 1. The molecule has 0 atom stereocenters. The number of carbonyl (C=O) groups excluding carboxylic acids is 1. The van der Waals surface area contributed by atoms with Gasteiger partial charge in [-0.25, -0.2) is 0 Å². The van der Waals surface area contributed by atoms with E-state index in [4.69, 9.17) is 16.0 Å². The van der Waals surface area contributed by atoms with E-state index in [0.29, 0.717) is 17.6 Å². The van der Waals surface area contributed by atoms with E-state index in [1.165, 1.54) is 6.26 Å². The molecule has 0 amide bonds. The summed E-state index contributed by atoms with van der Waals surface area (Å²) in [6.07, 6.45) is 3.87. The molecule has 2 rings (SSSR count). The molecule has 76 valence electrons. The first-order chi connectivity index (χ1) is 7.24. The highest BCUT2D eigenvalue weighted by atomic mass is 35.5. The summed E-state index contributed by atoms with van der Waals surface area (Å²) < 4.78 is 5.26. The minimum absolute atomic E-state index is 0.420. The van der Waals surface area contributed by atoms with Gasteiger partial charge < -0.3 is 4.42 Å². The number of carbonyl (C=O) groups is 1. The molecule has 0 N–H and O–H groups in total. The predicted octanol–water partition coefficient (Wildman–Crippen LogP) is 3.54. The van der Waals surface area contributed by atoms with E-state index in [-0.39, 0.29) is 0 Å². The number of fused-ring (bicyclic) bond motifs is 1. The summed E-state index contributed by atoms with van der Waals surface area (Å²) in [5.74, 6) is 0. The molecule has 0 aliphatic carbocycles. The third kappa shape index (κ3) is 1.68. The normalized spacial score (nSPS) is 10.5. The molecule has 0 aliphatic rings. The fourth-order valence-corrected chi connectivity index (χ4v) is 1.77. The van der Waals surface area contributed by atoms with Crippen LogP contribution in [0.3, 0.4) is 0 Å². The Bertz CT molecular complexity index is 525. The molecule has 1 aromatic heterocycles. The molecular formula is C12H9ClO2. The molecule has 0 fully saturated rings. The van der Waals surface area contributed by atoms with E-state index >= 15 is 0 Å². The van der Waals surface area contributed by atoms with Gasteiger partial charge >= 0.3 is 0 Å². The quantitative estimate of drug-likeness (QED) is 0.585. The Morgan fingerprint density at radius 1 is 1.53 bits per heavy atom. The van der Waals surface area contributed by atoms with Crippen LogP contribution in [0.4, 0.5) is 0 Å². The number of rotatable bonds is 3. The summed E-state index contributed by atoms with van der Waals surface area (Å²) in [7, 11) is 0. The lowest BCUT2D eigenvalue weighted by Crippen LogP contribution is -1.89. The number of allylic oxidation sites excluding steroid dienone is 1. The topological polar surface area (TPSA) is 30.2 Å². The molecule has 2 nitrogen and oxygen atoms in total. The number of hydrogen-bond acceptors (Lipinski definition) is 2. The minimum atomic E-state index is -0.495. The number of benzene rings is 1. The van der Waals surface area contributed by atoms with Crippen LogP contribution in [0.15, 0.2) is 41.5 Å². The van der Waals surface area contributed by atoms with Crippen molar-refractivity contribution in [1.82, 2.24) is 0 Å². The van der Waals surface area contributed by atoms with Crippen LogP contribution in [0, 0.1) is 0 Å². The third-order valence-corrected chi connectivity index (χ3v) is 2.47. The first kappa shape index (κ1) is 9.99. The largest absolute Gasteiger partial charge is 0.464 e. The van der Waals surface area contributed by atoms with Crippen LogP contribution in [-0.2, 0) is 6.42 Å². The lowest BCUT2D eigenvalue weighted by atomic mass is 10.0. The van der Waals surface area contributed by atoms with Gasteiger partial charge in [0.05, 0.1) is 5.56 Å². The average molecular weight is 221 g/mol. The van der Waals surface area contributed by atoms with Gasteiger partial charge in [0.25, 0.3) is 5.24 Å².